The van der Waals surface area contributed by atoms with E-state index in [-0.39, 0.29) is 12.6 Å². The van der Waals surface area contributed by atoms with Gasteiger partial charge in [-0.05, 0) is 24.0 Å². The summed E-state index contributed by atoms with van der Waals surface area (Å²) >= 11 is 0. The van der Waals surface area contributed by atoms with Gasteiger partial charge >= 0.3 is 5.97 Å². The number of aromatic nitrogens is 4. The van der Waals surface area contributed by atoms with Crippen LogP contribution in [-0.2, 0) is 20.7 Å². The molecule has 0 unspecified atom stereocenters. The zero-order valence-corrected chi connectivity index (χ0v) is 16.6. The number of hydrogen-bond acceptors (Lipinski definition) is 8. The molecule has 2 N–H and O–H groups in total. The van der Waals surface area contributed by atoms with Gasteiger partial charge in [-0.2, -0.15) is 0 Å². The lowest BCUT2D eigenvalue weighted by Gasteiger charge is -2.20. The van der Waals surface area contributed by atoms with E-state index in [0.29, 0.717) is 23.4 Å². The number of anilines is 1. The maximum Gasteiger partial charge on any atom is 0.303 e. The normalized spacial score (nSPS) is 25.4. The topological polar surface area (TPSA) is 111 Å². The van der Waals surface area contributed by atoms with Crippen molar-refractivity contribution in [1.29, 1.82) is 0 Å². The summed E-state index contributed by atoms with van der Waals surface area (Å²) in [5.74, 6) is 0.259. The number of rotatable bonds is 5. The maximum absolute atomic E-state index is 11.5. The van der Waals surface area contributed by atoms with Gasteiger partial charge in [0.15, 0.2) is 23.2 Å². The van der Waals surface area contributed by atoms with Crippen molar-refractivity contribution in [3.8, 4) is 0 Å². The molecule has 3 aromatic rings. The number of aliphatic hydroxyl groups excluding tert-OH is 1. The average molecular weight is 409 g/mol. The number of aryl methyl sites for hydroxylation is 1. The third-order valence-corrected chi connectivity index (χ3v) is 5.74. The second-order valence-corrected chi connectivity index (χ2v) is 7.70. The van der Waals surface area contributed by atoms with Crippen LogP contribution in [0.25, 0.3) is 11.2 Å². The van der Waals surface area contributed by atoms with Crippen LogP contribution in [0.4, 0.5) is 5.82 Å². The van der Waals surface area contributed by atoms with Crippen LogP contribution < -0.4 is 5.32 Å². The standard InChI is InChI=1S/C21H23N5O4/c1-12(28)29-17-8-14(9-27)30-21(17)26-11-24-18-19(22-10-23-20(18)26)25-16-7-6-13-4-2-3-5-15(13)16/h2-5,10-11,14,16-17,21,27H,6-9H2,1H3,(H,22,23,25)/t14-,16-,17+,21+/m0/s1. The largest absolute Gasteiger partial charge is 0.458 e. The first kappa shape index (κ1) is 19.0. The van der Waals surface area contributed by atoms with E-state index in [0.717, 1.165) is 12.8 Å². The summed E-state index contributed by atoms with van der Waals surface area (Å²) < 4.78 is 13.1. The first-order valence-corrected chi connectivity index (χ1v) is 10.1. The number of carbonyl (C=O) groups is 1. The molecule has 156 valence electrons. The minimum atomic E-state index is -0.606. The summed E-state index contributed by atoms with van der Waals surface area (Å²) in [4.78, 5) is 24.9. The molecule has 1 aliphatic heterocycles. The molecule has 1 aliphatic carbocycles. The Bertz CT molecular complexity index is 1080. The molecule has 0 amide bonds. The maximum atomic E-state index is 11.5. The van der Waals surface area contributed by atoms with Crippen LogP contribution in [0.3, 0.4) is 0 Å². The molecule has 2 aliphatic rings. The number of nitrogens with zero attached hydrogens (tertiary/aromatic N) is 4. The van der Waals surface area contributed by atoms with Crippen molar-refractivity contribution in [3.05, 3.63) is 48.0 Å². The van der Waals surface area contributed by atoms with Gasteiger partial charge in [0.05, 0.1) is 25.1 Å². The van der Waals surface area contributed by atoms with Gasteiger partial charge in [0.2, 0.25) is 0 Å². The minimum absolute atomic E-state index is 0.149. The van der Waals surface area contributed by atoms with E-state index in [1.807, 2.05) is 6.07 Å². The molecule has 2 aromatic heterocycles. The van der Waals surface area contributed by atoms with Crippen LogP contribution >= 0.6 is 0 Å². The lowest BCUT2D eigenvalue weighted by molar-refractivity contribution is -0.152. The molecule has 0 radical (unpaired) electrons. The number of ether oxygens (including phenoxy) is 2. The van der Waals surface area contributed by atoms with E-state index in [2.05, 4.69) is 38.5 Å². The number of carbonyl (C=O) groups excluding carboxylic acids is 1. The Morgan fingerprint density at radius 3 is 3.03 bits per heavy atom. The van der Waals surface area contributed by atoms with Gasteiger partial charge in [-0.3, -0.25) is 9.36 Å². The molecule has 1 aromatic carbocycles. The Morgan fingerprint density at radius 2 is 2.20 bits per heavy atom. The predicted octanol–water partition coefficient (Wildman–Crippen LogP) is 2.14. The van der Waals surface area contributed by atoms with E-state index in [1.54, 1.807) is 10.9 Å². The number of aliphatic hydroxyl groups is 1. The van der Waals surface area contributed by atoms with Gasteiger partial charge in [-0.15, -0.1) is 0 Å². The number of imidazole rings is 1. The Labute approximate surface area is 173 Å². The number of nitrogens with one attached hydrogen (secondary N) is 1. The monoisotopic (exact) mass is 409 g/mol. The van der Waals surface area contributed by atoms with E-state index in [4.69, 9.17) is 9.47 Å². The fourth-order valence-electron chi connectivity index (χ4n) is 4.41. The zero-order valence-electron chi connectivity index (χ0n) is 16.6. The SMILES string of the molecule is CC(=O)O[C@@H]1C[C@@H](CO)O[C@H]1n1cnc2c(N[C@H]3CCc4ccccc43)ncnc21. The summed E-state index contributed by atoms with van der Waals surface area (Å²) in [6, 6.07) is 8.58. The average Bonchev–Trinajstić information content (AvgIpc) is 3.45. The van der Waals surface area contributed by atoms with Crippen molar-refractivity contribution >= 4 is 23.0 Å². The van der Waals surface area contributed by atoms with Crippen LogP contribution in [0.15, 0.2) is 36.9 Å². The molecule has 1 saturated heterocycles. The minimum Gasteiger partial charge on any atom is -0.458 e. The lowest BCUT2D eigenvalue weighted by atomic mass is 10.1. The van der Waals surface area contributed by atoms with Crippen LogP contribution in [0.1, 0.15) is 43.2 Å². The molecule has 30 heavy (non-hydrogen) atoms. The van der Waals surface area contributed by atoms with Gasteiger partial charge in [0.1, 0.15) is 12.4 Å². The molecule has 5 rings (SSSR count). The van der Waals surface area contributed by atoms with Crippen molar-refractivity contribution in [1.82, 2.24) is 19.5 Å². The zero-order chi connectivity index (χ0) is 20.7. The Hall–Kier alpha value is -3.04. The van der Waals surface area contributed by atoms with Crippen molar-refractivity contribution in [3.63, 3.8) is 0 Å². The van der Waals surface area contributed by atoms with E-state index < -0.39 is 24.4 Å². The van der Waals surface area contributed by atoms with Crippen molar-refractivity contribution in [2.45, 2.75) is 50.7 Å². The molecule has 3 heterocycles. The third kappa shape index (κ3) is 3.29. The van der Waals surface area contributed by atoms with Crippen molar-refractivity contribution < 1.29 is 19.4 Å². The fourth-order valence-corrected chi connectivity index (χ4v) is 4.41. The first-order valence-electron chi connectivity index (χ1n) is 10.1. The molecular formula is C21H23N5O4. The van der Waals surface area contributed by atoms with Crippen LogP contribution in [-0.4, -0.2) is 49.4 Å². The molecule has 9 heteroatoms. The van der Waals surface area contributed by atoms with Crippen LogP contribution in [0.5, 0.6) is 0 Å². The quantitative estimate of drug-likeness (QED) is 0.617. The summed E-state index contributed by atoms with van der Waals surface area (Å²) in [6.07, 6.45) is 4.00. The molecule has 1 fully saturated rings. The molecule has 4 atom stereocenters. The Balaban J connectivity index is 1.46. The second kappa shape index (κ2) is 7.66. The molecule has 9 nitrogen and oxygen atoms in total. The highest BCUT2D eigenvalue weighted by Gasteiger charge is 2.39. The number of hydrogen-bond donors (Lipinski definition) is 2. The number of fused-ring (bicyclic) bond motifs is 2. The van der Waals surface area contributed by atoms with Crippen LogP contribution in [0.2, 0.25) is 0 Å². The van der Waals surface area contributed by atoms with Gasteiger partial charge < -0.3 is 19.9 Å². The lowest BCUT2D eigenvalue weighted by Crippen LogP contribution is -2.24. The Kier molecular flexibility index (Phi) is 4.84. The smallest absolute Gasteiger partial charge is 0.303 e. The second-order valence-electron chi connectivity index (χ2n) is 7.70. The number of esters is 1. The third-order valence-electron chi connectivity index (χ3n) is 5.74. The van der Waals surface area contributed by atoms with Gasteiger partial charge in [-0.25, -0.2) is 15.0 Å². The van der Waals surface area contributed by atoms with E-state index in [9.17, 15) is 9.90 Å². The van der Waals surface area contributed by atoms with Gasteiger partial charge in [-0.1, -0.05) is 24.3 Å². The van der Waals surface area contributed by atoms with Gasteiger partial charge in [0.25, 0.3) is 0 Å². The Morgan fingerprint density at radius 1 is 1.33 bits per heavy atom. The fraction of sp³-hybridized carbons (Fsp3) is 0.429. The summed E-state index contributed by atoms with van der Waals surface area (Å²) in [5, 5.41) is 13.0. The van der Waals surface area contributed by atoms with E-state index in [1.165, 1.54) is 24.4 Å². The van der Waals surface area contributed by atoms with Crippen molar-refractivity contribution in [2.75, 3.05) is 11.9 Å². The molecule has 0 bridgehead atoms. The highest BCUT2D eigenvalue weighted by atomic mass is 16.6. The number of benzene rings is 1. The van der Waals surface area contributed by atoms with Crippen molar-refractivity contribution in [2.24, 2.45) is 0 Å². The first-order chi connectivity index (χ1) is 14.6. The predicted molar refractivity (Wildman–Crippen MR) is 108 cm³/mol. The van der Waals surface area contributed by atoms with Crippen LogP contribution in [0, 0.1) is 0 Å². The molecule has 0 saturated carbocycles. The summed E-state index contributed by atoms with van der Waals surface area (Å²) in [7, 11) is 0. The highest BCUT2D eigenvalue weighted by Crippen LogP contribution is 2.36. The molecular weight excluding hydrogens is 386 g/mol. The molecule has 0 spiro atoms. The summed E-state index contributed by atoms with van der Waals surface area (Å²) in [5.41, 5.74) is 3.84. The summed E-state index contributed by atoms with van der Waals surface area (Å²) in [6.45, 7) is 1.21. The van der Waals surface area contributed by atoms with Gasteiger partial charge in [0, 0.05) is 13.3 Å². The highest BCUT2D eigenvalue weighted by molar-refractivity contribution is 5.83. The van der Waals surface area contributed by atoms with E-state index >= 15 is 0 Å².